The van der Waals surface area contributed by atoms with Crippen molar-refractivity contribution in [2.45, 2.75) is 57.1 Å². The molecule has 0 aromatic heterocycles. The fourth-order valence-corrected chi connectivity index (χ4v) is 4.33. The molecule has 2 aliphatic rings. The van der Waals surface area contributed by atoms with E-state index < -0.39 is 5.72 Å². The van der Waals surface area contributed by atoms with Gasteiger partial charge in [0.15, 0.2) is 0 Å². The quantitative estimate of drug-likeness (QED) is 0.788. The Labute approximate surface area is 161 Å². The van der Waals surface area contributed by atoms with Gasteiger partial charge in [0.2, 0.25) is 0 Å². The molecule has 0 bridgehead atoms. The molecule has 4 rings (SSSR count). The van der Waals surface area contributed by atoms with Crippen molar-refractivity contribution in [1.29, 1.82) is 0 Å². The van der Waals surface area contributed by atoms with E-state index in [-0.39, 0.29) is 18.1 Å². The summed E-state index contributed by atoms with van der Waals surface area (Å²) in [7, 11) is 0. The molecule has 1 saturated heterocycles. The highest BCUT2D eigenvalue weighted by atomic mass is 16.5. The summed E-state index contributed by atoms with van der Waals surface area (Å²) in [6.45, 7) is 3.34. The van der Waals surface area contributed by atoms with Gasteiger partial charge in [0, 0.05) is 12.0 Å². The second-order valence-electron chi connectivity index (χ2n) is 7.52. The maximum absolute atomic E-state index is 13.3. The normalized spacial score (nSPS) is 27.4. The van der Waals surface area contributed by atoms with Crippen LogP contribution in [0.5, 0.6) is 0 Å². The molecule has 27 heavy (non-hydrogen) atoms. The van der Waals surface area contributed by atoms with Crippen LogP contribution in [0.1, 0.15) is 48.5 Å². The van der Waals surface area contributed by atoms with E-state index in [1.807, 2.05) is 53.4 Å². The first-order chi connectivity index (χ1) is 13.2. The Morgan fingerprint density at radius 3 is 2.56 bits per heavy atom. The maximum atomic E-state index is 13.3. The van der Waals surface area contributed by atoms with Gasteiger partial charge in [-0.05, 0) is 37.0 Å². The van der Waals surface area contributed by atoms with E-state index in [9.17, 15) is 4.79 Å². The molecule has 1 amide bonds. The van der Waals surface area contributed by atoms with Gasteiger partial charge in [-0.2, -0.15) is 0 Å². The van der Waals surface area contributed by atoms with Gasteiger partial charge in [0.1, 0.15) is 5.72 Å². The topological polar surface area (TPSA) is 38.8 Å². The SMILES string of the molecule is CC[C@@H]1CO[C@]2(CC[C@@H](OCc3ccccc3)C2)N1C(=O)c1ccccc1. The molecule has 1 aliphatic heterocycles. The Morgan fingerprint density at radius 2 is 1.85 bits per heavy atom. The van der Waals surface area contributed by atoms with Crippen LogP contribution < -0.4 is 0 Å². The number of nitrogens with zero attached hydrogens (tertiary/aromatic N) is 1. The summed E-state index contributed by atoms with van der Waals surface area (Å²) >= 11 is 0. The minimum Gasteiger partial charge on any atom is -0.373 e. The van der Waals surface area contributed by atoms with Crippen molar-refractivity contribution in [3.8, 4) is 0 Å². The Kier molecular flexibility index (Phi) is 5.28. The van der Waals surface area contributed by atoms with Crippen LogP contribution in [0.2, 0.25) is 0 Å². The lowest BCUT2D eigenvalue weighted by Gasteiger charge is -2.36. The molecule has 0 unspecified atom stereocenters. The fraction of sp³-hybridized carbons (Fsp3) is 0.435. The highest BCUT2D eigenvalue weighted by Gasteiger charge is 2.53. The van der Waals surface area contributed by atoms with E-state index in [1.54, 1.807) is 0 Å². The minimum absolute atomic E-state index is 0.0728. The van der Waals surface area contributed by atoms with Gasteiger partial charge in [0.05, 0.1) is 25.4 Å². The van der Waals surface area contributed by atoms with Gasteiger partial charge in [-0.15, -0.1) is 0 Å². The zero-order valence-corrected chi connectivity index (χ0v) is 15.8. The van der Waals surface area contributed by atoms with Crippen LogP contribution in [0.4, 0.5) is 0 Å². The van der Waals surface area contributed by atoms with E-state index in [0.29, 0.717) is 13.2 Å². The summed E-state index contributed by atoms with van der Waals surface area (Å²) in [5.41, 5.74) is 1.39. The molecule has 1 aliphatic carbocycles. The van der Waals surface area contributed by atoms with Crippen LogP contribution in [0.3, 0.4) is 0 Å². The van der Waals surface area contributed by atoms with Gasteiger partial charge >= 0.3 is 0 Å². The average molecular weight is 365 g/mol. The van der Waals surface area contributed by atoms with Crippen LogP contribution in [-0.4, -0.2) is 35.3 Å². The molecule has 1 saturated carbocycles. The molecule has 2 fully saturated rings. The van der Waals surface area contributed by atoms with Gasteiger partial charge in [-0.1, -0.05) is 55.5 Å². The van der Waals surface area contributed by atoms with Crippen LogP contribution in [0, 0.1) is 0 Å². The summed E-state index contributed by atoms with van der Waals surface area (Å²) in [6.07, 6.45) is 3.51. The molecule has 2 aromatic rings. The Hall–Kier alpha value is -2.17. The van der Waals surface area contributed by atoms with Crippen LogP contribution in [0.15, 0.2) is 60.7 Å². The van der Waals surface area contributed by atoms with Gasteiger partial charge in [-0.25, -0.2) is 0 Å². The first-order valence-electron chi connectivity index (χ1n) is 9.90. The number of carbonyl (C=O) groups excluding carboxylic acids is 1. The highest BCUT2D eigenvalue weighted by molar-refractivity contribution is 5.95. The zero-order chi connectivity index (χ0) is 18.7. The van der Waals surface area contributed by atoms with Gasteiger partial charge in [-0.3, -0.25) is 4.79 Å². The van der Waals surface area contributed by atoms with Crippen LogP contribution in [0.25, 0.3) is 0 Å². The molecule has 1 spiro atoms. The van der Waals surface area contributed by atoms with Crippen LogP contribution >= 0.6 is 0 Å². The standard InChI is InChI=1S/C23H27NO3/c1-2-20-17-27-23(24(20)22(25)19-11-7-4-8-12-19)14-13-21(15-23)26-16-18-9-5-3-6-10-18/h3-12,20-21H,2,13-17H2,1H3/t20-,21-,23+/m1/s1. The summed E-state index contributed by atoms with van der Waals surface area (Å²) in [5.74, 6) is 0.0728. The third-order valence-electron chi connectivity index (χ3n) is 5.79. The molecular weight excluding hydrogens is 338 g/mol. The number of ether oxygens (including phenoxy) is 2. The average Bonchev–Trinajstić information content (AvgIpc) is 3.31. The van der Waals surface area contributed by atoms with E-state index in [1.165, 1.54) is 5.56 Å². The molecule has 142 valence electrons. The van der Waals surface area contributed by atoms with Crippen molar-refractivity contribution in [3.63, 3.8) is 0 Å². The van der Waals surface area contributed by atoms with Crippen molar-refractivity contribution in [2.24, 2.45) is 0 Å². The second-order valence-corrected chi connectivity index (χ2v) is 7.52. The van der Waals surface area contributed by atoms with Gasteiger partial charge < -0.3 is 14.4 Å². The Morgan fingerprint density at radius 1 is 1.15 bits per heavy atom. The van der Waals surface area contributed by atoms with Crippen molar-refractivity contribution in [2.75, 3.05) is 6.61 Å². The minimum atomic E-state index is -0.519. The summed E-state index contributed by atoms with van der Waals surface area (Å²) in [4.78, 5) is 15.3. The highest BCUT2D eigenvalue weighted by Crippen LogP contribution is 2.44. The molecule has 1 heterocycles. The first kappa shape index (κ1) is 18.2. The predicted octanol–water partition coefficient (Wildman–Crippen LogP) is 4.40. The smallest absolute Gasteiger partial charge is 0.256 e. The first-order valence-corrected chi connectivity index (χ1v) is 9.90. The molecule has 4 heteroatoms. The van der Waals surface area contributed by atoms with E-state index in [4.69, 9.17) is 9.47 Å². The number of hydrogen-bond acceptors (Lipinski definition) is 3. The number of benzene rings is 2. The largest absolute Gasteiger partial charge is 0.373 e. The molecule has 0 N–H and O–H groups in total. The third-order valence-corrected chi connectivity index (χ3v) is 5.79. The van der Waals surface area contributed by atoms with Crippen molar-refractivity contribution >= 4 is 5.91 Å². The summed E-state index contributed by atoms with van der Waals surface area (Å²) < 4.78 is 12.4. The number of hydrogen-bond donors (Lipinski definition) is 0. The molecule has 3 atom stereocenters. The third kappa shape index (κ3) is 3.64. The fourth-order valence-electron chi connectivity index (χ4n) is 4.33. The van der Waals surface area contributed by atoms with Crippen molar-refractivity contribution < 1.29 is 14.3 Å². The number of rotatable bonds is 5. The summed E-state index contributed by atoms with van der Waals surface area (Å²) in [5, 5.41) is 0. The zero-order valence-electron chi connectivity index (χ0n) is 15.8. The number of amides is 1. The van der Waals surface area contributed by atoms with E-state index >= 15 is 0 Å². The van der Waals surface area contributed by atoms with E-state index in [0.717, 1.165) is 31.2 Å². The van der Waals surface area contributed by atoms with Crippen molar-refractivity contribution in [3.05, 3.63) is 71.8 Å². The lowest BCUT2D eigenvalue weighted by Crippen LogP contribution is -2.50. The second kappa shape index (κ2) is 7.83. The predicted molar refractivity (Wildman–Crippen MR) is 104 cm³/mol. The number of carbonyl (C=O) groups is 1. The van der Waals surface area contributed by atoms with Crippen LogP contribution in [-0.2, 0) is 16.1 Å². The Balaban J connectivity index is 1.48. The van der Waals surface area contributed by atoms with E-state index in [2.05, 4.69) is 19.1 Å². The molecular formula is C23H27NO3. The Bertz CT molecular complexity index is 764. The molecule has 2 aromatic carbocycles. The lowest BCUT2D eigenvalue weighted by atomic mass is 10.1. The molecule has 0 radical (unpaired) electrons. The monoisotopic (exact) mass is 365 g/mol. The van der Waals surface area contributed by atoms with Gasteiger partial charge in [0.25, 0.3) is 5.91 Å². The lowest BCUT2D eigenvalue weighted by molar-refractivity contribution is -0.0773. The van der Waals surface area contributed by atoms with Crippen molar-refractivity contribution in [1.82, 2.24) is 4.90 Å². The summed E-state index contributed by atoms with van der Waals surface area (Å²) in [6, 6.07) is 19.9. The molecule has 4 nitrogen and oxygen atoms in total. The maximum Gasteiger partial charge on any atom is 0.256 e.